The van der Waals surface area contributed by atoms with E-state index < -0.39 is 17.3 Å². The Labute approximate surface area is 201 Å². The maximum atomic E-state index is 12.7. The highest BCUT2D eigenvalue weighted by Crippen LogP contribution is 2.39. The molecule has 0 bridgehead atoms. The molecule has 1 aromatic rings. The zero-order valence-corrected chi connectivity index (χ0v) is 21.8. The van der Waals surface area contributed by atoms with Crippen molar-refractivity contribution in [2.24, 2.45) is 17.8 Å². The Morgan fingerprint density at radius 2 is 1.15 bits per heavy atom. The topological polar surface area (TPSA) is 20.2 Å². The number of hydrogen-bond donors (Lipinski definition) is 1. The van der Waals surface area contributed by atoms with Crippen molar-refractivity contribution in [3.63, 3.8) is 0 Å². The van der Waals surface area contributed by atoms with Crippen LogP contribution >= 0.6 is 0 Å². The first-order valence-corrected chi connectivity index (χ1v) is 13.4. The fraction of sp³-hybridized carbons (Fsp3) is 0.793. The Balaban J connectivity index is 2.47. The van der Waals surface area contributed by atoms with Crippen molar-refractivity contribution in [1.82, 2.24) is 0 Å². The maximum Gasteiger partial charge on any atom is 0.416 e. The molecule has 1 N–H and O–H groups in total. The minimum atomic E-state index is -4.27. The van der Waals surface area contributed by atoms with Crippen molar-refractivity contribution in [3.05, 3.63) is 35.4 Å². The molecule has 0 fully saturated rings. The van der Waals surface area contributed by atoms with Gasteiger partial charge in [0.15, 0.2) is 0 Å². The van der Waals surface area contributed by atoms with Crippen molar-refractivity contribution in [1.29, 1.82) is 0 Å². The monoisotopic (exact) mass is 470 g/mol. The van der Waals surface area contributed by atoms with E-state index in [4.69, 9.17) is 0 Å². The normalized spacial score (nSPS) is 13.8. The minimum Gasteiger partial charge on any atom is -0.389 e. The summed E-state index contributed by atoms with van der Waals surface area (Å²) in [5.74, 6) is 0.808. The number of halogens is 3. The Kier molecular flexibility index (Phi) is 13.7. The summed E-state index contributed by atoms with van der Waals surface area (Å²) in [6.07, 6.45) is 10.7. The van der Waals surface area contributed by atoms with Gasteiger partial charge in [0.1, 0.15) is 0 Å². The third-order valence-corrected chi connectivity index (χ3v) is 7.46. The van der Waals surface area contributed by atoms with E-state index in [1.165, 1.54) is 50.7 Å². The van der Waals surface area contributed by atoms with Gasteiger partial charge in [0.2, 0.25) is 0 Å². The van der Waals surface area contributed by atoms with Gasteiger partial charge in [-0.25, -0.2) is 0 Å². The molecule has 0 aliphatic carbocycles. The van der Waals surface area contributed by atoms with Crippen LogP contribution in [0.25, 0.3) is 0 Å². The second-order valence-electron chi connectivity index (χ2n) is 10.6. The fourth-order valence-electron chi connectivity index (χ4n) is 5.32. The SMILES string of the molecule is CCCCCCCCC(CCCCCCc1ccc(C(F)(F)F)cc1)C(O)(C(C)C)C(C)C. The average molecular weight is 471 g/mol. The van der Waals surface area contributed by atoms with E-state index in [0.717, 1.165) is 50.5 Å². The van der Waals surface area contributed by atoms with Gasteiger partial charge in [-0.2, -0.15) is 13.2 Å². The lowest BCUT2D eigenvalue weighted by atomic mass is 9.68. The standard InChI is InChI=1S/C29H49F3O/c1-6-7-8-9-10-14-17-26(28(33,23(2)3)24(4)5)18-15-12-11-13-16-25-19-21-27(22-20-25)29(30,31)32/h19-24,26,33H,6-18H2,1-5H3. The highest BCUT2D eigenvalue weighted by atomic mass is 19.4. The van der Waals surface area contributed by atoms with Gasteiger partial charge in [-0.3, -0.25) is 0 Å². The lowest BCUT2D eigenvalue weighted by Crippen LogP contribution is -2.47. The molecule has 1 nitrogen and oxygen atoms in total. The highest BCUT2D eigenvalue weighted by molar-refractivity contribution is 5.24. The largest absolute Gasteiger partial charge is 0.416 e. The molecule has 1 aromatic carbocycles. The van der Waals surface area contributed by atoms with E-state index in [0.29, 0.717) is 5.92 Å². The highest BCUT2D eigenvalue weighted by Gasteiger charge is 2.41. The van der Waals surface area contributed by atoms with E-state index >= 15 is 0 Å². The first-order chi connectivity index (χ1) is 15.5. The summed E-state index contributed by atoms with van der Waals surface area (Å²) in [5, 5.41) is 11.6. The predicted octanol–water partition coefficient (Wildman–Crippen LogP) is 9.61. The smallest absolute Gasteiger partial charge is 0.389 e. The summed E-state index contributed by atoms with van der Waals surface area (Å²) in [7, 11) is 0. The predicted molar refractivity (Wildman–Crippen MR) is 134 cm³/mol. The number of rotatable bonds is 17. The second-order valence-corrected chi connectivity index (χ2v) is 10.6. The molecule has 0 amide bonds. The molecule has 0 saturated heterocycles. The van der Waals surface area contributed by atoms with Crippen LogP contribution in [0.2, 0.25) is 0 Å². The first-order valence-electron chi connectivity index (χ1n) is 13.4. The van der Waals surface area contributed by atoms with Crippen LogP contribution in [-0.4, -0.2) is 10.7 Å². The van der Waals surface area contributed by atoms with Gasteiger partial charge in [-0.15, -0.1) is 0 Å². The number of aliphatic hydroxyl groups is 1. The summed E-state index contributed by atoms with van der Waals surface area (Å²) < 4.78 is 38.1. The molecular formula is C29H49F3O. The van der Waals surface area contributed by atoms with E-state index in [1.54, 1.807) is 12.1 Å². The van der Waals surface area contributed by atoms with Crippen molar-refractivity contribution in [2.45, 2.75) is 130 Å². The van der Waals surface area contributed by atoms with Gasteiger partial charge in [0.25, 0.3) is 0 Å². The van der Waals surface area contributed by atoms with Gasteiger partial charge in [0.05, 0.1) is 11.2 Å². The molecular weight excluding hydrogens is 421 g/mol. The van der Waals surface area contributed by atoms with Gasteiger partial charge in [0, 0.05) is 0 Å². The molecule has 0 aromatic heterocycles. The quantitative estimate of drug-likeness (QED) is 0.225. The Bertz CT molecular complexity index is 611. The number of aryl methyl sites for hydroxylation is 1. The van der Waals surface area contributed by atoms with Crippen LogP contribution in [0, 0.1) is 17.8 Å². The van der Waals surface area contributed by atoms with Gasteiger partial charge >= 0.3 is 6.18 Å². The first kappa shape index (κ1) is 30.0. The van der Waals surface area contributed by atoms with Crippen molar-refractivity contribution in [3.8, 4) is 0 Å². The lowest BCUT2D eigenvalue weighted by molar-refractivity contribution is -0.137. The summed E-state index contributed by atoms with van der Waals surface area (Å²) in [6.45, 7) is 10.8. The molecule has 0 aliphatic heterocycles. The second kappa shape index (κ2) is 15.1. The maximum absolute atomic E-state index is 12.7. The van der Waals surface area contributed by atoms with Crippen LogP contribution < -0.4 is 0 Å². The zero-order valence-electron chi connectivity index (χ0n) is 21.8. The minimum absolute atomic E-state index is 0.238. The Morgan fingerprint density at radius 1 is 0.697 bits per heavy atom. The molecule has 1 atom stereocenters. The van der Waals surface area contributed by atoms with Crippen LogP contribution in [0.3, 0.4) is 0 Å². The Hall–Kier alpha value is -1.03. The van der Waals surface area contributed by atoms with E-state index in [-0.39, 0.29) is 11.8 Å². The number of unbranched alkanes of at least 4 members (excludes halogenated alkanes) is 8. The van der Waals surface area contributed by atoms with E-state index in [1.807, 2.05) is 0 Å². The Morgan fingerprint density at radius 3 is 1.61 bits per heavy atom. The van der Waals surface area contributed by atoms with Crippen LogP contribution in [0.4, 0.5) is 13.2 Å². The number of alkyl halides is 3. The summed E-state index contributed by atoms with van der Waals surface area (Å²) in [6, 6.07) is 5.57. The molecule has 0 spiro atoms. The molecule has 4 heteroatoms. The zero-order chi connectivity index (χ0) is 24.9. The molecule has 1 rings (SSSR count). The number of benzene rings is 1. The summed E-state index contributed by atoms with van der Waals surface area (Å²) >= 11 is 0. The van der Waals surface area contributed by atoms with Crippen LogP contribution in [0.15, 0.2) is 24.3 Å². The van der Waals surface area contributed by atoms with E-state index in [9.17, 15) is 18.3 Å². The van der Waals surface area contributed by atoms with Gasteiger partial charge in [-0.05, 0) is 61.1 Å². The lowest BCUT2D eigenvalue weighted by Gasteiger charge is -2.43. The van der Waals surface area contributed by atoms with Crippen molar-refractivity contribution >= 4 is 0 Å². The van der Waals surface area contributed by atoms with Crippen molar-refractivity contribution in [2.75, 3.05) is 0 Å². The third-order valence-electron chi connectivity index (χ3n) is 7.46. The van der Waals surface area contributed by atoms with E-state index in [2.05, 4.69) is 34.6 Å². The molecule has 0 aliphatic rings. The summed E-state index contributed by atoms with van der Waals surface area (Å²) in [5.41, 5.74) is -0.229. The van der Waals surface area contributed by atoms with Gasteiger partial charge < -0.3 is 5.11 Å². The molecule has 0 radical (unpaired) electrons. The molecule has 33 heavy (non-hydrogen) atoms. The molecule has 0 heterocycles. The fourth-order valence-corrected chi connectivity index (χ4v) is 5.32. The third kappa shape index (κ3) is 10.4. The van der Waals surface area contributed by atoms with Crippen LogP contribution in [0.5, 0.6) is 0 Å². The summed E-state index contributed by atoms with van der Waals surface area (Å²) in [4.78, 5) is 0. The molecule has 192 valence electrons. The molecule has 1 unspecified atom stereocenters. The molecule has 0 saturated carbocycles. The van der Waals surface area contributed by atoms with Crippen molar-refractivity contribution < 1.29 is 18.3 Å². The average Bonchev–Trinajstić information content (AvgIpc) is 2.75. The van der Waals surface area contributed by atoms with Crippen LogP contribution in [-0.2, 0) is 12.6 Å². The van der Waals surface area contributed by atoms with Gasteiger partial charge in [-0.1, -0.05) is 105 Å². The number of hydrogen-bond acceptors (Lipinski definition) is 1. The van der Waals surface area contributed by atoms with Crippen LogP contribution in [0.1, 0.15) is 123 Å².